The van der Waals surface area contributed by atoms with Gasteiger partial charge in [0.05, 0.1) is 0 Å². The summed E-state index contributed by atoms with van der Waals surface area (Å²) in [5, 5.41) is 0. The van der Waals surface area contributed by atoms with Crippen molar-refractivity contribution in [2.75, 3.05) is 5.73 Å². The highest BCUT2D eigenvalue weighted by Gasteiger charge is 2.18. The molecular formula is C12H17N3O. The van der Waals surface area contributed by atoms with Crippen LogP contribution in [0.25, 0.3) is 0 Å². The molecule has 1 aromatic heterocycles. The molecule has 0 aromatic carbocycles. The van der Waals surface area contributed by atoms with Crippen LogP contribution in [0.5, 0.6) is 5.88 Å². The standard InChI is InChI=1S/C12H17N3O/c1-6-12(4,5)16-10-7-9(13)14-11(15-10)8(2)3/h1,7-8H,2-5H3,(H2,13,14,15). The molecule has 16 heavy (non-hydrogen) atoms. The molecule has 0 aliphatic heterocycles. The molecule has 0 saturated heterocycles. The Bertz CT molecular complexity index is 419. The van der Waals surface area contributed by atoms with E-state index in [0.29, 0.717) is 17.5 Å². The number of hydrogen-bond donors (Lipinski definition) is 1. The number of nitrogens with zero attached hydrogens (tertiary/aromatic N) is 2. The van der Waals surface area contributed by atoms with E-state index in [0.717, 1.165) is 0 Å². The van der Waals surface area contributed by atoms with E-state index in [1.165, 1.54) is 0 Å². The minimum Gasteiger partial charge on any atom is -0.458 e. The zero-order chi connectivity index (χ0) is 12.3. The lowest BCUT2D eigenvalue weighted by molar-refractivity contribution is 0.164. The summed E-state index contributed by atoms with van der Waals surface area (Å²) < 4.78 is 5.56. The zero-order valence-electron chi connectivity index (χ0n) is 10.1. The third-order valence-corrected chi connectivity index (χ3v) is 1.96. The van der Waals surface area contributed by atoms with Crippen LogP contribution in [-0.2, 0) is 0 Å². The number of anilines is 1. The van der Waals surface area contributed by atoms with Gasteiger partial charge in [0, 0.05) is 12.0 Å². The van der Waals surface area contributed by atoms with Gasteiger partial charge in [0.1, 0.15) is 11.6 Å². The van der Waals surface area contributed by atoms with Crippen LogP contribution in [0.15, 0.2) is 6.07 Å². The molecule has 1 rings (SSSR count). The Hall–Kier alpha value is -1.76. The number of terminal acetylenes is 1. The first-order valence-electron chi connectivity index (χ1n) is 5.15. The first kappa shape index (κ1) is 12.3. The number of hydrogen-bond acceptors (Lipinski definition) is 4. The topological polar surface area (TPSA) is 61.0 Å². The number of aromatic nitrogens is 2. The molecule has 0 fully saturated rings. The SMILES string of the molecule is C#CC(C)(C)Oc1cc(N)nc(C(C)C)n1. The van der Waals surface area contributed by atoms with Gasteiger partial charge in [-0.2, -0.15) is 4.98 Å². The lowest BCUT2D eigenvalue weighted by Crippen LogP contribution is -2.26. The van der Waals surface area contributed by atoms with Crippen LogP contribution >= 0.6 is 0 Å². The molecule has 0 bridgehead atoms. The van der Waals surface area contributed by atoms with Gasteiger partial charge in [0.25, 0.3) is 0 Å². The summed E-state index contributed by atoms with van der Waals surface area (Å²) in [6, 6.07) is 1.57. The van der Waals surface area contributed by atoms with Crippen molar-refractivity contribution in [3.63, 3.8) is 0 Å². The fourth-order valence-corrected chi connectivity index (χ4v) is 1.06. The summed E-state index contributed by atoms with van der Waals surface area (Å²) in [4.78, 5) is 8.38. The van der Waals surface area contributed by atoms with Gasteiger partial charge >= 0.3 is 0 Å². The minimum atomic E-state index is -0.699. The second-order valence-corrected chi connectivity index (χ2v) is 4.40. The van der Waals surface area contributed by atoms with Crippen molar-refractivity contribution < 1.29 is 4.74 Å². The van der Waals surface area contributed by atoms with Gasteiger partial charge < -0.3 is 10.5 Å². The Morgan fingerprint density at radius 3 is 2.56 bits per heavy atom. The maximum atomic E-state index is 5.67. The first-order chi connectivity index (χ1) is 7.34. The van der Waals surface area contributed by atoms with Crippen molar-refractivity contribution in [2.45, 2.75) is 39.2 Å². The van der Waals surface area contributed by atoms with E-state index in [9.17, 15) is 0 Å². The summed E-state index contributed by atoms with van der Waals surface area (Å²) in [6.45, 7) is 7.57. The Balaban J connectivity index is 3.03. The molecule has 0 saturated carbocycles. The quantitative estimate of drug-likeness (QED) is 0.789. The Morgan fingerprint density at radius 2 is 2.06 bits per heavy atom. The highest BCUT2D eigenvalue weighted by atomic mass is 16.5. The normalized spacial score (nSPS) is 11.2. The van der Waals surface area contributed by atoms with Gasteiger partial charge in [0.15, 0.2) is 5.60 Å². The summed E-state index contributed by atoms with van der Waals surface area (Å²) in [5.74, 6) is 4.19. The average molecular weight is 219 g/mol. The highest BCUT2D eigenvalue weighted by molar-refractivity contribution is 5.34. The van der Waals surface area contributed by atoms with E-state index in [1.54, 1.807) is 19.9 Å². The fourth-order valence-electron chi connectivity index (χ4n) is 1.06. The second kappa shape index (κ2) is 4.40. The smallest absolute Gasteiger partial charge is 0.220 e. The van der Waals surface area contributed by atoms with Crippen LogP contribution in [0.4, 0.5) is 5.82 Å². The fraction of sp³-hybridized carbons (Fsp3) is 0.500. The van der Waals surface area contributed by atoms with Crippen LogP contribution in [-0.4, -0.2) is 15.6 Å². The first-order valence-corrected chi connectivity index (χ1v) is 5.15. The number of rotatable bonds is 3. The van der Waals surface area contributed by atoms with Crippen molar-refractivity contribution >= 4 is 5.82 Å². The van der Waals surface area contributed by atoms with Crippen molar-refractivity contribution in [2.24, 2.45) is 0 Å². The molecular weight excluding hydrogens is 202 g/mol. The predicted octanol–water partition coefficient (Wildman–Crippen LogP) is 1.97. The summed E-state index contributed by atoms with van der Waals surface area (Å²) in [5.41, 5.74) is 4.98. The third-order valence-electron chi connectivity index (χ3n) is 1.96. The number of nitrogen functional groups attached to an aromatic ring is 1. The molecule has 0 amide bonds. The second-order valence-electron chi connectivity index (χ2n) is 4.40. The predicted molar refractivity (Wildman–Crippen MR) is 64.1 cm³/mol. The van der Waals surface area contributed by atoms with E-state index < -0.39 is 5.60 Å². The Labute approximate surface area is 96.2 Å². The summed E-state index contributed by atoms with van der Waals surface area (Å²) in [7, 11) is 0. The largest absolute Gasteiger partial charge is 0.458 e. The molecule has 4 nitrogen and oxygen atoms in total. The molecule has 86 valence electrons. The number of nitrogens with two attached hydrogens (primary N) is 1. The van der Waals surface area contributed by atoms with Crippen LogP contribution < -0.4 is 10.5 Å². The highest BCUT2D eigenvalue weighted by Crippen LogP contribution is 2.20. The molecule has 2 N–H and O–H groups in total. The van der Waals surface area contributed by atoms with Crippen molar-refractivity contribution in [1.29, 1.82) is 0 Å². The van der Waals surface area contributed by atoms with E-state index >= 15 is 0 Å². The van der Waals surface area contributed by atoms with Gasteiger partial charge in [-0.3, -0.25) is 0 Å². The van der Waals surface area contributed by atoms with Gasteiger partial charge in [-0.15, -0.1) is 6.42 Å². The number of ether oxygens (including phenoxy) is 1. The average Bonchev–Trinajstić information content (AvgIpc) is 2.16. The maximum absolute atomic E-state index is 5.67. The molecule has 0 spiro atoms. The van der Waals surface area contributed by atoms with Crippen LogP contribution in [0, 0.1) is 12.3 Å². The zero-order valence-corrected chi connectivity index (χ0v) is 10.1. The van der Waals surface area contributed by atoms with Gasteiger partial charge in [-0.05, 0) is 13.8 Å². The molecule has 0 atom stereocenters. The molecule has 0 radical (unpaired) electrons. The molecule has 1 aromatic rings. The molecule has 0 aliphatic rings. The van der Waals surface area contributed by atoms with E-state index in [2.05, 4.69) is 15.9 Å². The molecule has 1 heterocycles. The monoisotopic (exact) mass is 219 g/mol. The third kappa shape index (κ3) is 3.13. The van der Waals surface area contributed by atoms with Crippen molar-refractivity contribution in [3.8, 4) is 18.2 Å². The van der Waals surface area contributed by atoms with E-state index in [1.807, 2.05) is 13.8 Å². The van der Waals surface area contributed by atoms with Gasteiger partial charge in [-0.25, -0.2) is 4.98 Å². The molecule has 0 unspecified atom stereocenters. The van der Waals surface area contributed by atoms with Crippen molar-refractivity contribution in [1.82, 2.24) is 9.97 Å². The van der Waals surface area contributed by atoms with E-state index in [-0.39, 0.29) is 5.92 Å². The van der Waals surface area contributed by atoms with Crippen molar-refractivity contribution in [3.05, 3.63) is 11.9 Å². The minimum absolute atomic E-state index is 0.194. The van der Waals surface area contributed by atoms with Crippen LogP contribution in [0.1, 0.15) is 39.4 Å². The molecule has 4 heteroatoms. The molecule has 0 aliphatic carbocycles. The maximum Gasteiger partial charge on any atom is 0.220 e. The van der Waals surface area contributed by atoms with Gasteiger partial charge in [-0.1, -0.05) is 19.8 Å². The lowest BCUT2D eigenvalue weighted by Gasteiger charge is -2.20. The summed E-state index contributed by atoms with van der Waals surface area (Å²) in [6.07, 6.45) is 5.34. The van der Waals surface area contributed by atoms with E-state index in [4.69, 9.17) is 16.9 Å². The van der Waals surface area contributed by atoms with Crippen LogP contribution in [0.2, 0.25) is 0 Å². The van der Waals surface area contributed by atoms with Crippen LogP contribution in [0.3, 0.4) is 0 Å². The Morgan fingerprint density at radius 1 is 1.44 bits per heavy atom. The Kier molecular flexibility index (Phi) is 3.38. The van der Waals surface area contributed by atoms with Gasteiger partial charge in [0.2, 0.25) is 5.88 Å². The lowest BCUT2D eigenvalue weighted by atomic mass is 10.1. The summed E-state index contributed by atoms with van der Waals surface area (Å²) >= 11 is 0.